The molecule has 378 valence electrons. The Hall–Kier alpha value is -8.13. The van der Waals surface area contributed by atoms with Crippen LogP contribution in [0.15, 0.2) is 176 Å². The molecule has 6 aromatic rings. The van der Waals surface area contributed by atoms with Gasteiger partial charge in [0, 0.05) is 48.6 Å². The van der Waals surface area contributed by atoms with Crippen molar-refractivity contribution < 1.29 is 38.8 Å². The molecule has 6 rings (SSSR count). The minimum absolute atomic E-state index is 0. The van der Waals surface area contributed by atoms with Crippen molar-refractivity contribution in [3.63, 3.8) is 0 Å². The molecule has 0 aliphatic heterocycles. The number of para-hydroxylation sites is 1. The van der Waals surface area contributed by atoms with Crippen LogP contribution in [0.3, 0.4) is 0 Å². The van der Waals surface area contributed by atoms with Gasteiger partial charge in [-0.05, 0) is 88.6 Å². The Morgan fingerprint density at radius 2 is 1.11 bits per heavy atom. The number of carboxylic acids is 1. The third-order valence-corrected chi connectivity index (χ3v) is 7.37. The number of Topliss-reactive ketones (excluding diaryl/α,β-unsaturated/α-hetero) is 2. The lowest BCUT2D eigenvalue weighted by Gasteiger charge is -2.16. The number of hydrogen-bond acceptors (Lipinski definition) is 9. The molecule has 0 aliphatic rings. The Morgan fingerprint density at radius 3 is 1.47 bits per heavy atom. The van der Waals surface area contributed by atoms with Gasteiger partial charge in [-0.3, -0.25) is 29.3 Å². The van der Waals surface area contributed by atoms with Crippen molar-refractivity contribution in [1.29, 1.82) is 0 Å². The summed E-state index contributed by atoms with van der Waals surface area (Å²) in [5.41, 5.74) is 5.82. The van der Waals surface area contributed by atoms with Gasteiger partial charge in [0.05, 0.1) is 11.6 Å². The number of nitrogens with one attached hydrogen (secondary N) is 2. The zero-order chi connectivity index (χ0) is 53.0. The summed E-state index contributed by atoms with van der Waals surface area (Å²) in [5.74, 6) is -1.33. The maximum absolute atomic E-state index is 12.0. The number of benzene rings is 4. The molecule has 0 radical (unpaired) electrons. The molecule has 2 heterocycles. The largest absolute Gasteiger partial charge is 0.478 e. The molecule has 2 amide bonds. The summed E-state index contributed by atoms with van der Waals surface area (Å²) < 4.78 is 2.01. The Kier molecular flexibility index (Phi) is 43.7. The highest BCUT2D eigenvalue weighted by atomic mass is 16.6. The summed E-state index contributed by atoms with van der Waals surface area (Å²) in [5, 5.41) is 22.3. The monoisotopic (exact) mass is 962 g/mol. The predicted molar refractivity (Wildman–Crippen MR) is 286 cm³/mol. The first kappa shape index (κ1) is 68.5. The second-order valence-electron chi connectivity index (χ2n) is 13.6. The van der Waals surface area contributed by atoms with Crippen LogP contribution in [0.2, 0.25) is 0 Å². The summed E-state index contributed by atoms with van der Waals surface area (Å²) in [4.78, 5) is 75.7. The maximum Gasteiger partial charge on any atom is 0.328 e. The Labute approximate surface area is 415 Å². The number of carbonyl (C=O) groups excluding carboxylic acids is 5. The van der Waals surface area contributed by atoms with Gasteiger partial charge in [-0.2, -0.15) is 0 Å². The second-order valence-corrected chi connectivity index (χ2v) is 13.6. The molecular weight excluding hydrogens is 887 g/mol. The average molecular weight is 962 g/mol. The SMILES string of the molecule is C.C/C=C/C(C)=O.CC.CC.CC(=O)Cc1ccccc1.CC(C)=O.CNC(=O)C(c1ccccc1)c1ccccc1.C[N+](=O)[O-].Cc1cn2ccccc2n1.O=C(O)/C=C/C(=O)Nc1ccccc1. The van der Waals surface area contributed by atoms with Crippen molar-refractivity contribution in [1.82, 2.24) is 14.7 Å². The molecule has 14 heteroatoms. The van der Waals surface area contributed by atoms with Crippen LogP contribution in [-0.2, 0) is 35.2 Å². The normalized spacial score (nSPS) is 9.04. The third-order valence-electron chi connectivity index (χ3n) is 7.37. The molecule has 14 nitrogen and oxygen atoms in total. The number of fused-ring (bicyclic) bond motifs is 1. The number of aryl methyl sites for hydroxylation is 1. The smallest absolute Gasteiger partial charge is 0.328 e. The lowest BCUT2D eigenvalue weighted by molar-refractivity contribution is -0.445. The van der Waals surface area contributed by atoms with Crippen molar-refractivity contribution in [2.24, 2.45) is 0 Å². The van der Waals surface area contributed by atoms with Crippen molar-refractivity contribution in [2.75, 3.05) is 19.4 Å². The number of amides is 2. The van der Waals surface area contributed by atoms with E-state index in [1.165, 1.54) is 26.8 Å². The third kappa shape index (κ3) is 39.1. The van der Waals surface area contributed by atoms with E-state index in [2.05, 4.69) is 15.6 Å². The number of anilines is 1. The molecule has 4 aromatic carbocycles. The Bertz CT molecular complexity index is 2290. The van der Waals surface area contributed by atoms with Gasteiger partial charge in [-0.1, -0.05) is 156 Å². The molecule has 0 atom stereocenters. The molecule has 0 unspecified atom stereocenters. The number of hydrogen-bond donors (Lipinski definition) is 3. The van der Waals surface area contributed by atoms with E-state index in [4.69, 9.17) is 15.2 Å². The fourth-order valence-corrected chi connectivity index (χ4v) is 4.96. The van der Waals surface area contributed by atoms with Crippen molar-refractivity contribution in [3.05, 3.63) is 209 Å². The van der Waals surface area contributed by atoms with E-state index in [1.54, 1.807) is 44.3 Å². The molecule has 0 saturated carbocycles. The van der Waals surface area contributed by atoms with E-state index >= 15 is 0 Å². The molecule has 3 N–H and O–H groups in total. The quantitative estimate of drug-likeness (QED) is 0.0709. The van der Waals surface area contributed by atoms with Crippen LogP contribution in [0, 0.1) is 17.0 Å². The molecule has 0 bridgehead atoms. The van der Waals surface area contributed by atoms with Gasteiger partial charge >= 0.3 is 5.97 Å². The number of allylic oxidation sites excluding steroid dienone is 2. The number of aliphatic carboxylic acids is 1. The van der Waals surface area contributed by atoms with Gasteiger partial charge in [0.1, 0.15) is 17.2 Å². The van der Waals surface area contributed by atoms with Crippen LogP contribution in [-0.4, -0.2) is 68.6 Å². The lowest BCUT2D eigenvalue weighted by Crippen LogP contribution is -2.26. The number of aromatic nitrogens is 2. The summed E-state index contributed by atoms with van der Waals surface area (Å²) in [6, 6.07) is 44.2. The highest BCUT2D eigenvalue weighted by Crippen LogP contribution is 2.24. The molecule has 0 fully saturated rings. The second kappa shape index (κ2) is 44.7. The zero-order valence-electron chi connectivity index (χ0n) is 42.1. The fourth-order valence-electron chi connectivity index (χ4n) is 4.96. The number of nitrogens with zero attached hydrogens (tertiary/aromatic N) is 3. The van der Waals surface area contributed by atoms with Crippen molar-refractivity contribution in [2.45, 2.75) is 89.0 Å². The summed E-state index contributed by atoms with van der Waals surface area (Å²) in [7, 11) is 2.56. The number of nitro groups is 1. The number of pyridine rings is 1. The maximum atomic E-state index is 12.0. The molecule has 0 aliphatic carbocycles. The predicted octanol–water partition coefficient (Wildman–Crippen LogP) is 11.6. The minimum atomic E-state index is -1.15. The summed E-state index contributed by atoms with van der Waals surface area (Å²) >= 11 is 0. The fraction of sp³-hybridized carbons (Fsp3) is 0.268. The first-order valence-corrected chi connectivity index (χ1v) is 22.1. The molecule has 0 saturated heterocycles. The van der Waals surface area contributed by atoms with Crippen LogP contribution in [0.25, 0.3) is 5.65 Å². The van der Waals surface area contributed by atoms with Gasteiger partial charge in [0.2, 0.25) is 11.8 Å². The summed E-state index contributed by atoms with van der Waals surface area (Å²) in [6.45, 7) is 18.0. The highest BCUT2D eigenvalue weighted by molar-refractivity contribution is 6.02. The molecule has 2 aromatic heterocycles. The molecule has 0 spiro atoms. The molecular formula is C56H75N5O9. The van der Waals surface area contributed by atoms with Crippen molar-refractivity contribution in [3.8, 4) is 0 Å². The van der Waals surface area contributed by atoms with E-state index in [0.29, 0.717) is 12.1 Å². The standard InChI is InChI=1S/C15H15NO.C10H9NO3.C9H10O.C8H8N2.C5H8O.C3H6O.2C2H6.CH3NO2.CH4/c1-16-15(17)14(12-8-4-2-5-9-12)13-10-6-3-7-11-13;12-9(6-7-10(13)14)11-8-4-2-1-3-5-8;1-8(10)7-9-5-3-2-4-6-9;1-7-6-10-5-3-2-4-8(10)9-7;1-3-4-5(2)6;1-3(2)4;2*1-2;1-2(3)4;/h2-11,14H,1H3,(H,16,17);1-7H,(H,11,12)(H,13,14);2-6H,7H2,1H3;2-6H,1H3;3-4H,1-2H3;1-2H3;2*1-2H3;1H3;1H4/b;7-6+;;;4-3+;;;;;. The van der Waals surface area contributed by atoms with E-state index in [1.807, 2.05) is 174 Å². The number of likely N-dealkylation sites (N-methyl/N-ethyl adjacent to an activating group) is 1. The topological polar surface area (TPSA) is 207 Å². The molecule has 70 heavy (non-hydrogen) atoms. The van der Waals surface area contributed by atoms with Gasteiger partial charge < -0.3 is 24.9 Å². The zero-order valence-corrected chi connectivity index (χ0v) is 42.1. The highest BCUT2D eigenvalue weighted by Gasteiger charge is 2.20. The Balaban J connectivity index is -0.000000376. The van der Waals surface area contributed by atoms with Gasteiger partial charge in [0.25, 0.3) is 0 Å². The number of ketones is 3. The van der Waals surface area contributed by atoms with Crippen LogP contribution in [0.5, 0.6) is 0 Å². The lowest BCUT2D eigenvalue weighted by atomic mass is 9.90. The van der Waals surface area contributed by atoms with E-state index in [0.717, 1.165) is 47.2 Å². The van der Waals surface area contributed by atoms with Gasteiger partial charge in [-0.25, -0.2) is 9.78 Å². The van der Waals surface area contributed by atoms with Gasteiger partial charge in [0.15, 0.2) is 12.8 Å². The van der Waals surface area contributed by atoms with E-state index in [-0.39, 0.29) is 36.6 Å². The number of carboxylic acid groups (broad SMARTS) is 1. The number of rotatable bonds is 9. The van der Waals surface area contributed by atoms with E-state index in [9.17, 15) is 28.8 Å². The van der Waals surface area contributed by atoms with Crippen molar-refractivity contribution >= 4 is 46.5 Å². The minimum Gasteiger partial charge on any atom is -0.478 e. The van der Waals surface area contributed by atoms with Crippen LogP contribution in [0.4, 0.5) is 5.69 Å². The van der Waals surface area contributed by atoms with Crippen LogP contribution in [0.1, 0.15) is 98.0 Å². The summed E-state index contributed by atoms with van der Waals surface area (Å²) in [6.07, 6.45) is 9.57. The first-order chi connectivity index (χ1) is 32.9. The van der Waals surface area contributed by atoms with Crippen LogP contribution >= 0.6 is 0 Å². The average Bonchev–Trinajstić information content (AvgIpc) is 3.71. The first-order valence-electron chi connectivity index (χ1n) is 22.1. The van der Waals surface area contributed by atoms with Gasteiger partial charge in [-0.15, -0.1) is 0 Å². The Morgan fingerprint density at radius 1 is 0.700 bits per heavy atom. The number of imidazole rings is 1. The number of carbonyl (C=O) groups is 6. The van der Waals surface area contributed by atoms with E-state index < -0.39 is 16.8 Å². The van der Waals surface area contributed by atoms with Crippen LogP contribution < -0.4 is 10.6 Å².